The van der Waals surface area contributed by atoms with Gasteiger partial charge in [-0.2, -0.15) is 0 Å². The number of anilines is 2. The predicted octanol–water partition coefficient (Wildman–Crippen LogP) is 3.41. The third kappa shape index (κ3) is 3.53. The molecule has 0 radical (unpaired) electrons. The average molecular weight is 353 g/mol. The van der Waals surface area contributed by atoms with Crippen molar-refractivity contribution in [2.45, 2.75) is 22.6 Å². The molecule has 1 saturated heterocycles. The molecule has 1 unspecified atom stereocenters. The molecular weight excluding hydrogens is 330 g/mol. The summed E-state index contributed by atoms with van der Waals surface area (Å²) in [6, 6.07) is 17.1. The topological polar surface area (TPSA) is 44.4 Å². The Morgan fingerprint density at radius 2 is 1.80 bits per heavy atom. The summed E-state index contributed by atoms with van der Waals surface area (Å²) >= 11 is 1.83. The summed E-state index contributed by atoms with van der Waals surface area (Å²) < 4.78 is 0. The Bertz CT molecular complexity index is 713. The van der Waals surface area contributed by atoms with Crippen LogP contribution in [0.5, 0.6) is 0 Å². The van der Waals surface area contributed by atoms with Gasteiger partial charge in [0.2, 0.25) is 5.91 Å². The van der Waals surface area contributed by atoms with Crippen LogP contribution in [0, 0.1) is 5.92 Å². The molecule has 0 aromatic heterocycles. The highest BCUT2D eigenvalue weighted by atomic mass is 32.2. The number of hydrogen-bond acceptors (Lipinski definition) is 4. The fourth-order valence-corrected chi connectivity index (χ4v) is 4.59. The van der Waals surface area contributed by atoms with Crippen LogP contribution in [0.3, 0.4) is 0 Å². The molecule has 2 aromatic carbocycles. The fourth-order valence-electron chi connectivity index (χ4n) is 3.49. The highest BCUT2D eigenvalue weighted by Crippen LogP contribution is 2.47. The van der Waals surface area contributed by atoms with Gasteiger partial charge in [-0.05, 0) is 43.7 Å². The second kappa shape index (κ2) is 7.50. The average Bonchev–Trinajstić information content (AvgIpc) is 3.19. The second-order valence-corrected chi connectivity index (χ2v) is 7.61. The maximum Gasteiger partial charge on any atom is 0.224 e. The molecule has 0 spiro atoms. The van der Waals surface area contributed by atoms with E-state index in [1.54, 1.807) is 0 Å². The maximum absolute atomic E-state index is 12.1. The van der Waals surface area contributed by atoms with Crippen LogP contribution >= 0.6 is 11.8 Å². The van der Waals surface area contributed by atoms with Crippen molar-refractivity contribution in [3.05, 3.63) is 48.5 Å². The van der Waals surface area contributed by atoms with Crippen molar-refractivity contribution in [3.8, 4) is 0 Å². The summed E-state index contributed by atoms with van der Waals surface area (Å²) in [6.45, 7) is 3.40. The lowest BCUT2D eigenvalue weighted by atomic mass is 10.1. The minimum Gasteiger partial charge on any atom is -0.356 e. The standard InChI is InChI=1S/C20H23N3OS/c24-20(15-10-12-21-14-15)22-11-5-13-23-16-6-1-3-8-18(16)25-19-9-4-2-7-17(19)23/h1-4,6-9,15,21H,5,10-14H2,(H,22,24). The van der Waals surface area contributed by atoms with E-state index in [1.165, 1.54) is 21.2 Å². The summed E-state index contributed by atoms with van der Waals surface area (Å²) in [5.41, 5.74) is 2.52. The lowest BCUT2D eigenvalue weighted by molar-refractivity contribution is -0.124. The first-order valence-corrected chi connectivity index (χ1v) is 9.76. The van der Waals surface area contributed by atoms with Crippen LogP contribution in [0.4, 0.5) is 11.4 Å². The maximum atomic E-state index is 12.1. The molecule has 4 rings (SSSR count). The summed E-state index contributed by atoms with van der Waals surface area (Å²) in [5, 5.41) is 6.35. The zero-order valence-electron chi connectivity index (χ0n) is 14.2. The van der Waals surface area contributed by atoms with Crippen LogP contribution in [0.25, 0.3) is 0 Å². The summed E-state index contributed by atoms with van der Waals surface area (Å²) in [4.78, 5) is 17.1. The molecule has 2 heterocycles. The Morgan fingerprint density at radius 3 is 2.44 bits per heavy atom. The van der Waals surface area contributed by atoms with E-state index in [-0.39, 0.29) is 11.8 Å². The van der Waals surface area contributed by atoms with Crippen LogP contribution < -0.4 is 15.5 Å². The molecule has 2 aromatic rings. The van der Waals surface area contributed by atoms with E-state index in [1.807, 2.05) is 11.8 Å². The summed E-state index contributed by atoms with van der Waals surface area (Å²) in [7, 11) is 0. The molecule has 5 heteroatoms. The van der Waals surface area contributed by atoms with Crippen LogP contribution in [-0.4, -0.2) is 32.1 Å². The predicted molar refractivity (Wildman–Crippen MR) is 103 cm³/mol. The number of hydrogen-bond donors (Lipinski definition) is 2. The summed E-state index contributed by atoms with van der Waals surface area (Å²) in [5.74, 6) is 0.341. The van der Waals surface area contributed by atoms with Crippen LogP contribution in [-0.2, 0) is 4.79 Å². The van der Waals surface area contributed by atoms with Crippen molar-refractivity contribution >= 4 is 29.0 Å². The van der Waals surface area contributed by atoms with Gasteiger partial charge in [0.1, 0.15) is 0 Å². The Hall–Kier alpha value is -1.98. The quantitative estimate of drug-likeness (QED) is 0.809. The Kier molecular flexibility index (Phi) is 4.95. The first kappa shape index (κ1) is 16.5. The molecule has 1 amide bonds. The zero-order valence-corrected chi connectivity index (χ0v) is 15.0. The molecule has 2 aliphatic rings. The van der Waals surface area contributed by atoms with Crippen molar-refractivity contribution in [2.75, 3.05) is 31.1 Å². The van der Waals surface area contributed by atoms with E-state index in [2.05, 4.69) is 64.1 Å². The lowest BCUT2D eigenvalue weighted by Gasteiger charge is -2.32. The molecule has 0 saturated carbocycles. The summed E-state index contributed by atoms with van der Waals surface area (Å²) in [6.07, 6.45) is 1.88. The minimum atomic E-state index is 0.146. The SMILES string of the molecule is O=C(NCCCN1c2ccccc2Sc2ccccc21)C1CCNC1. The van der Waals surface area contributed by atoms with Crippen molar-refractivity contribution in [3.63, 3.8) is 0 Å². The third-order valence-corrected chi connectivity index (χ3v) is 5.95. The third-order valence-electron chi connectivity index (χ3n) is 4.82. The normalized spacial score (nSPS) is 18.6. The minimum absolute atomic E-state index is 0.146. The number of fused-ring (bicyclic) bond motifs is 2. The zero-order chi connectivity index (χ0) is 17.1. The highest BCUT2D eigenvalue weighted by Gasteiger charge is 2.23. The highest BCUT2D eigenvalue weighted by molar-refractivity contribution is 7.99. The number of para-hydroxylation sites is 2. The van der Waals surface area contributed by atoms with E-state index in [0.29, 0.717) is 0 Å². The Labute approximate surface area is 153 Å². The monoisotopic (exact) mass is 353 g/mol. The van der Waals surface area contributed by atoms with Gasteiger partial charge < -0.3 is 15.5 Å². The molecular formula is C20H23N3OS. The molecule has 2 N–H and O–H groups in total. The molecule has 130 valence electrons. The molecule has 0 aliphatic carbocycles. The second-order valence-electron chi connectivity index (χ2n) is 6.52. The molecule has 0 bridgehead atoms. The first-order valence-electron chi connectivity index (χ1n) is 8.95. The van der Waals surface area contributed by atoms with E-state index >= 15 is 0 Å². The number of carbonyl (C=O) groups is 1. The van der Waals surface area contributed by atoms with Crippen molar-refractivity contribution in [1.82, 2.24) is 10.6 Å². The van der Waals surface area contributed by atoms with Crippen LogP contribution in [0.15, 0.2) is 58.3 Å². The van der Waals surface area contributed by atoms with Gasteiger partial charge >= 0.3 is 0 Å². The first-order chi connectivity index (χ1) is 12.3. The van der Waals surface area contributed by atoms with Gasteiger partial charge in [-0.3, -0.25) is 4.79 Å². The van der Waals surface area contributed by atoms with Gasteiger partial charge in [0.05, 0.1) is 17.3 Å². The van der Waals surface area contributed by atoms with E-state index in [4.69, 9.17) is 0 Å². The molecule has 1 atom stereocenters. The van der Waals surface area contributed by atoms with Gasteiger partial charge in [0, 0.05) is 29.4 Å². The van der Waals surface area contributed by atoms with E-state index in [0.717, 1.165) is 39.0 Å². The number of rotatable bonds is 5. The van der Waals surface area contributed by atoms with Gasteiger partial charge in [0.25, 0.3) is 0 Å². The van der Waals surface area contributed by atoms with Crippen LogP contribution in [0.1, 0.15) is 12.8 Å². The number of carbonyl (C=O) groups excluding carboxylic acids is 1. The molecule has 1 fully saturated rings. The lowest BCUT2D eigenvalue weighted by Crippen LogP contribution is -2.34. The van der Waals surface area contributed by atoms with E-state index in [9.17, 15) is 4.79 Å². The van der Waals surface area contributed by atoms with Crippen molar-refractivity contribution in [1.29, 1.82) is 0 Å². The number of nitrogens with one attached hydrogen (secondary N) is 2. The van der Waals surface area contributed by atoms with Gasteiger partial charge in [-0.1, -0.05) is 36.0 Å². The smallest absolute Gasteiger partial charge is 0.224 e. The van der Waals surface area contributed by atoms with Gasteiger partial charge in [-0.25, -0.2) is 0 Å². The fraction of sp³-hybridized carbons (Fsp3) is 0.350. The number of nitrogens with zero attached hydrogens (tertiary/aromatic N) is 1. The number of amides is 1. The molecule has 25 heavy (non-hydrogen) atoms. The van der Waals surface area contributed by atoms with Crippen molar-refractivity contribution in [2.24, 2.45) is 5.92 Å². The Morgan fingerprint density at radius 1 is 1.12 bits per heavy atom. The molecule has 4 nitrogen and oxygen atoms in total. The Balaban J connectivity index is 1.41. The van der Waals surface area contributed by atoms with Crippen LogP contribution in [0.2, 0.25) is 0 Å². The van der Waals surface area contributed by atoms with Gasteiger partial charge in [-0.15, -0.1) is 0 Å². The largest absolute Gasteiger partial charge is 0.356 e. The van der Waals surface area contributed by atoms with Crippen molar-refractivity contribution < 1.29 is 4.79 Å². The van der Waals surface area contributed by atoms with E-state index < -0.39 is 0 Å². The van der Waals surface area contributed by atoms with Gasteiger partial charge in [0.15, 0.2) is 0 Å². The molecule has 2 aliphatic heterocycles. The number of benzene rings is 2.